The Hall–Kier alpha value is -2.14. The molecule has 5 nitrogen and oxygen atoms in total. The van der Waals surface area contributed by atoms with Gasteiger partial charge in [-0.05, 0) is 37.4 Å². The molecule has 1 aliphatic heterocycles. The van der Waals surface area contributed by atoms with Crippen LogP contribution in [0.4, 0.5) is 0 Å². The van der Waals surface area contributed by atoms with Gasteiger partial charge >= 0.3 is 0 Å². The van der Waals surface area contributed by atoms with Crippen molar-refractivity contribution in [1.29, 1.82) is 0 Å². The van der Waals surface area contributed by atoms with E-state index in [2.05, 4.69) is 34.8 Å². The van der Waals surface area contributed by atoms with E-state index >= 15 is 0 Å². The zero-order valence-corrected chi connectivity index (χ0v) is 14.2. The minimum Gasteiger partial charge on any atom is -0.350 e. The van der Waals surface area contributed by atoms with E-state index in [1.54, 1.807) is 0 Å². The van der Waals surface area contributed by atoms with Crippen LogP contribution in [0.1, 0.15) is 54.2 Å². The fourth-order valence-corrected chi connectivity index (χ4v) is 3.25. The van der Waals surface area contributed by atoms with Gasteiger partial charge in [0, 0.05) is 25.2 Å². The molecule has 3 rings (SSSR count). The highest BCUT2D eigenvalue weighted by atomic mass is 16.1. The van der Waals surface area contributed by atoms with Crippen molar-refractivity contribution in [3.63, 3.8) is 0 Å². The van der Waals surface area contributed by atoms with E-state index < -0.39 is 0 Å². The van der Waals surface area contributed by atoms with Crippen LogP contribution >= 0.6 is 0 Å². The lowest BCUT2D eigenvalue weighted by molar-refractivity contribution is 0.0944. The van der Waals surface area contributed by atoms with E-state index in [-0.39, 0.29) is 5.91 Å². The first-order chi connectivity index (χ1) is 11.8. The van der Waals surface area contributed by atoms with E-state index in [4.69, 9.17) is 0 Å². The molecule has 2 N–H and O–H groups in total. The molecule has 1 amide bonds. The Morgan fingerprint density at radius 3 is 2.92 bits per heavy atom. The van der Waals surface area contributed by atoms with Crippen molar-refractivity contribution in [2.45, 2.75) is 38.1 Å². The fraction of sp³-hybridized carbons (Fsp3) is 0.474. The van der Waals surface area contributed by atoms with Crippen LogP contribution in [0.2, 0.25) is 0 Å². The fourth-order valence-electron chi connectivity index (χ4n) is 3.25. The first kappa shape index (κ1) is 16.7. The molecule has 2 aromatic rings. The second-order valence-electron chi connectivity index (χ2n) is 6.41. The third-order valence-corrected chi connectivity index (χ3v) is 4.76. The molecule has 0 radical (unpaired) electrons. The summed E-state index contributed by atoms with van der Waals surface area (Å²) in [5.41, 5.74) is 1.77. The maximum Gasteiger partial charge on any atom is 0.271 e. The van der Waals surface area contributed by atoms with Crippen molar-refractivity contribution in [2.75, 3.05) is 19.6 Å². The topological polar surface area (TPSA) is 59.0 Å². The van der Waals surface area contributed by atoms with E-state index in [1.807, 2.05) is 35.1 Å². The minimum atomic E-state index is -0.0908. The van der Waals surface area contributed by atoms with Gasteiger partial charge in [0.25, 0.3) is 5.91 Å². The van der Waals surface area contributed by atoms with Crippen LogP contribution in [0, 0.1) is 0 Å². The van der Waals surface area contributed by atoms with Gasteiger partial charge in [0.1, 0.15) is 5.69 Å². The van der Waals surface area contributed by atoms with Gasteiger partial charge < -0.3 is 10.6 Å². The van der Waals surface area contributed by atoms with Gasteiger partial charge in [-0.1, -0.05) is 37.3 Å². The minimum absolute atomic E-state index is 0.0908. The number of amides is 1. The normalized spacial score (nSPS) is 19.0. The number of aromatic nitrogens is 2. The van der Waals surface area contributed by atoms with Crippen molar-refractivity contribution in [3.8, 4) is 0 Å². The Labute approximate surface area is 143 Å². The quantitative estimate of drug-likeness (QED) is 0.858. The summed E-state index contributed by atoms with van der Waals surface area (Å²) in [6, 6.07) is 12.5. The van der Waals surface area contributed by atoms with Crippen molar-refractivity contribution in [1.82, 2.24) is 20.4 Å². The molecule has 1 aromatic heterocycles. The molecule has 0 saturated carbocycles. The number of rotatable bonds is 6. The average Bonchev–Trinajstić information content (AvgIpc) is 3.14. The molecular weight excluding hydrogens is 300 g/mol. The number of hydrogen-bond acceptors (Lipinski definition) is 3. The Kier molecular flexibility index (Phi) is 5.64. The molecule has 1 aliphatic rings. The van der Waals surface area contributed by atoms with Crippen molar-refractivity contribution in [2.24, 2.45) is 0 Å². The van der Waals surface area contributed by atoms with Crippen LogP contribution in [0.15, 0.2) is 42.6 Å². The Bertz CT molecular complexity index is 646. The standard InChI is InChI=1S/C19H26N4O/c1-2-15(16-7-4-3-5-8-16)13-21-19(24)18-10-12-23(22-18)17-9-6-11-20-14-17/h3-5,7-8,10,12,15,17,20H,2,6,9,11,13-14H2,1H3,(H,21,24). The largest absolute Gasteiger partial charge is 0.350 e. The third kappa shape index (κ3) is 4.03. The molecule has 1 fully saturated rings. The molecule has 1 saturated heterocycles. The Morgan fingerprint density at radius 1 is 1.38 bits per heavy atom. The van der Waals surface area contributed by atoms with E-state index in [0.29, 0.717) is 24.2 Å². The molecule has 24 heavy (non-hydrogen) atoms. The summed E-state index contributed by atoms with van der Waals surface area (Å²) in [6.45, 7) is 4.78. The van der Waals surface area contributed by atoms with Crippen molar-refractivity contribution in [3.05, 3.63) is 53.9 Å². The number of carbonyl (C=O) groups excluding carboxylic acids is 1. The van der Waals surface area contributed by atoms with Gasteiger partial charge in [-0.25, -0.2) is 0 Å². The lowest BCUT2D eigenvalue weighted by Gasteiger charge is -2.22. The molecule has 5 heteroatoms. The summed E-state index contributed by atoms with van der Waals surface area (Å²) in [6.07, 6.45) is 5.18. The summed E-state index contributed by atoms with van der Waals surface area (Å²) in [4.78, 5) is 12.4. The lowest BCUT2D eigenvalue weighted by atomic mass is 9.96. The summed E-state index contributed by atoms with van der Waals surface area (Å²) in [5, 5.41) is 10.9. The Balaban J connectivity index is 1.57. The van der Waals surface area contributed by atoms with Gasteiger partial charge in [-0.2, -0.15) is 5.10 Å². The van der Waals surface area contributed by atoms with Gasteiger partial charge in [0.05, 0.1) is 6.04 Å². The third-order valence-electron chi connectivity index (χ3n) is 4.76. The average molecular weight is 326 g/mol. The van der Waals surface area contributed by atoms with Crippen molar-refractivity contribution < 1.29 is 4.79 Å². The molecular formula is C19H26N4O. The molecule has 0 spiro atoms. The molecule has 2 atom stereocenters. The molecule has 0 aliphatic carbocycles. The number of piperidine rings is 1. The number of hydrogen-bond donors (Lipinski definition) is 2. The molecule has 1 aromatic carbocycles. The van der Waals surface area contributed by atoms with Crippen LogP contribution in [0.25, 0.3) is 0 Å². The van der Waals surface area contributed by atoms with Crippen LogP contribution in [0.5, 0.6) is 0 Å². The first-order valence-electron chi connectivity index (χ1n) is 8.87. The predicted octanol–water partition coefficient (Wildman–Crippen LogP) is 2.73. The van der Waals surface area contributed by atoms with E-state index in [1.165, 1.54) is 5.56 Å². The predicted molar refractivity (Wildman–Crippen MR) is 95.2 cm³/mol. The second-order valence-corrected chi connectivity index (χ2v) is 6.41. The first-order valence-corrected chi connectivity index (χ1v) is 8.87. The van der Waals surface area contributed by atoms with Gasteiger partial charge in [-0.3, -0.25) is 9.48 Å². The summed E-state index contributed by atoms with van der Waals surface area (Å²) < 4.78 is 1.93. The van der Waals surface area contributed by atoms with Gasteiger partial charge in [-0.15, -0.1) is 0 Å². The highest BCUT2D eigenvalue weighted by Gasteiger charge is 2.18. The molecule has 2 heterocycles. The molecule has 2 unspecified atom stereocenters. The summed E-state index contributed by atoms with van der Waals surface area (Å²) >= 11 is 0. The van der Waals surface area contributed by atoms with Gasteiger partial charge in [0.15, 0.2) is 0 Å². The maximum absolute atomic E-state index is 12.4. The van der Waals surface area contributed by atoms with Crippen LogP contribution in [0.3, 0.4) is 0 Å². The van der Waals surface area contributed by atoms with E-state index in [9.17, 15) is 4.79 Å². The zero-order chi connectivity index (χ0) is 16.8. The van der Waals surface area contributed by atoms with Crippen molar-refractivity contribution >= 4 is 5.91 Å². The number of nitrogens with one attached hydrogen (secondary N) is 2. The smallest absolute Gasteiger partial charge is 0.271 e. The lowest BCUT2D eigenvalue weighted by Crippen LogP contribution is -2.32. The second kappa shape index (κ2) is 8.11. The SMILES string of the molecule is CCC(CNC(=O)c1ccn(C2CCCNC2)n1)c1ccccc1. The van der Waals surface area contributed by atoms with E-state index in [0.717, 1.165) is 32.4 Å². The summed E-state index contributed by atoms with van der Waals surface area (Å²) in [7, 11) is 0. The highest BCUT2D eigenvalue weighted by molar-refractivity contribution is 5.92. The molecule has 0 bridgehead atoms. The summed E-state index contributed by atoms with van der Waals surface area (Å²) in [5.74, 6) is 0.242. The maximum atomic E-state index is 12.4. The van der Waals surface area contributed by atoms with Crippen LogP contribution in [-0.4, -0.2) is 35.3 Å². The Morgan fingerprint density at radius 2 is 2.21 bits per heavy atom. The zero-order valence-electron chi connectivity index (χ0n) is 14.2. The van der Waals surface area contributed by atoms with Gasteiger partial charge in [0.2, 0.25) is 0 Å². The number of benzene rings is 1. The van der Waals surface area contributed by atoms with Crippen LogP contribution < -0.4 is 10.6 Å². The molecule has 128 valence electrons. The number of nitrogens with zero attached hydrogens (tertiary/aromatic N) is 2. The monoisotopic (exact) mass is 326 g/mol. The highest BCUT2D eigenvalue weighted by Crippen LogP contribution is 2.18. The van der Waals surface area contributed by atoms with Crippen LogP contribution in [-0.2, 0) is 0 Å². The number of carbonyl (C=O) groups is 1.